The quantitative estimate of drug-likeness (QED) is 0.720. The highest BCUT2D eigenvalue weighted by Gasteiger charge is 2.12. The highest BCUT2D eigenvalue weighted by Crippen LogP contribution is 2.13. The van der Waals surface area contributed by atoms with Crippen LogP contribution in [0.15, 0.2) is 64.4 Å². The zero-order chi connectivity index (χ0) is 19.6. The maximum atomic E-state index is 13.6. The fourth-order valence-electron chi connectivity index (χ4n) is 2.83. The van der Waals surface area contributed by atoms with Crippen LogP contribution in [0.4, 0.5) is 10.1 Å². The van der Waals surface area contributed by atoms with Gasteiger partial charge in [-0.05, 0) is 49.2 Å². The number of hydrogen-bond acceptors (Lipinski definition) is 3. The molecule has 7 heteroatoms. The maximum Gasteiger partial charge on any atom is 0.320 e. The molecule has 2 aromatic carbocycles. The third-order valence-electron chi connectivity index (χ3n) is 4.00. The van der Waals surface area contributed by atoms with Gasteiger partial charge in [-0.25, -0.2) is 4.39 Å². The van der Waals surface area contributed by atoms with Crippen LogP contribution in [-0.4, -0.2) is 15.0 Å². The average Bonchev–Trinajstić information content (AvgIpc) is 2.60. The lowest BCUT2D eigenvalue weighted by Crippen LogP contribution is -2.41. The first-order chi connectivity index (χ1) is 12.8. The van der Waals surface area contributed by atoms with Crippen LogP contribution in [0.2, 0.25) is 0 Å². The number of benzene rings is 2. The van der Waals surface area contributed by atoms with Gasteiger partial charge in [0.15, 0.2) is 0 Å². The summed E-state index contributed by atoms with van der Waals surface area (Å²) in [5, 5.41) is 2.38. The number of anilines is 1. The molecule has 0 unspecified atom stereocenters. The van der Waals surface area contributed by atoms with Gasteiger partial charge in [0, 0.05) is 18.1 Å². The van der Waals surface area contributed by atoms with E-state index in [0.29, 0.717) is 5.69 Å². The second kappa shape index (κ2) is 7.41. The number of carbonyl (C=O) groups excluding carboxylic acids is 1. The summed E-state index contributed by atoms with van der Waals surface area (Å²) < 4.78 is 15.8. The summed E-state index contributed by atoms with van der Waals surface area (Å²) >= 11 is 0. The number of nitrogens with one attached hydrogen (secondary N) is 1. The number of hydrogen-bond donors (Lipinski definition) is 1. The van der Waals surface area contributed by atoms with Gasteiger partial charge < -0.3 is 5.32 Å². The molecule has 3 rings (SSSR count). The molecule has 27 heavy (non-hydrogen) atoms. The Balaban J connectivity index is 1.87. The van der Waals surface area contributed by atoms with Crippen LogP contribution >= 0.6 is 0 Å². The summed E-state index contributed by atoms with van der Waals surface area (Å²) in [6.45, 7) is 3.40. The first-order valence-electron chi connectivity index (χ1n) is 8.30. The average molecular weight is 367 g/mol. The van der Waals surface area contributed by atoms with Crippen molar-refractivity contribution >= 4 is 11.6 Å². The van der Waals surface area contributed by atoms with E-state index in [1.165, 1.54) is 35.2 Å². The molecule has 1 heterocycles. The highest BCUT2D eigenvalue weighted by molar-refractivity contribution is 5.90. The Labute approximate surface area is 154 Å². The second-order valence-corrected chi connectivity index (χ2v) is 6.28. The van der Waals surface area contributed by atoms with Gasteiger partial charge in [0.05, 0.1) is 5.69 Å². The third kappa shape index (κ3) is 4.03. The van der Waals surface area contributed by atoms with Crippen molar-refractivity contribution < 1.29 is 9.18 Å². The van der Waals surface area contributed by atoms with Crippen molar-refractivity contribution in [3.05, 3.63) is 92.5 Å². The number of rotatable bonds is 4. The Morgan fingerprint density at radius 1 is 1.00 bits per heavy atom. The van der Waals surface area contributed by atoms with Gasteiger partial charge in [-0.3, -0.25) is 23.5 Å². The standard InChI is InChI=1S/C20H18FN3O3/c1-13-9-14(2)11-15(10-13)24-8-7-23(19(26)20(24)27)12-18(25)22-17-6-4-3-5-16(17)21/h3-11H,12H2,1-2H3,(H,22,25). The minimum Gasteiger partial charge on any atom is -0.322 e. The third-order valence-corrected chi connectivity index (χ3v) is 4.00. The van der Waals surface area contributed by atoms with Gasteiger partial charge in [-0.15, -0.1) is 0 Å². The Morgan fingerprint density at radius 2 is 1.67 bits per heavy atom. The molecule has 1 aromatic heterocycles. The van der Waals surface area contributed by atoms with Crippen LogP contribution in [0, 0.1) is 19.7 Å². The van der Waals surface area contributed by atoms with Gasteiger partial charge in [-0.1, -0.05) is 18.2 Å². The predicted octanol–water partition coefficient (Wildman–Crippen LogP) is 2.39. The van der Waals surface area contributed by atoms with E-state index >= 15 is 0 Å². The zero-order valence-corrected chi connectivity index (χ0v) is 14.9. The smallest absolute Gasteiger partial charge is 0.320 e. The molecule has 1 amide bonds. The van der Waals surface area contributed by atoms with Gasteiger partial charge in [0.2, 0.25) is 5.91 Å². The molecule has 3 aromatic rings. The van der Waals surface area contributed by atoms with E-state index in [1.807, 2.05) is 19.9 Å². The summed E-state index contributed by atoms with van der Waals surface area (Å²) in [6, 6.07) is 11.3. The van der Waals surface area contributed by atoms with Gasteiger partial charge in [0.1, 0.15) is 12.4 Å². The summed E-state index contributed by atoms with van der Waals surface area (Å²) in [5.74, 6) is -1.19. The lowest BCUT2D eigenvalue weighted by atomic mass is 10.1. The molecular weight excluding hydrogens is 349 g/mol. The number of aryl methyl sites for hydroxylation is 2. The molecule has 0 spiro atoms. The Hall–Kier alpha value is -3.48. The zero-order valence-electron chi connectivity index (χ0n) is 14.9. The molecule has 0 atom stereocenters. The Morgan fingerprint density at radius 3 is 2.33 bits per heavy atom. The molecule has 138 valence electrons. The fourth-order valence-corrected chi connectivity index (χ4v) is 2.83. The molecule has 0 fully saturated rings. The number of para-hydroxylation sites is 1. The topological polar surface area (TPSA) is 73.1 Å². The van der Waals surface area contributed by atoms with Crippen molar-refractivity contribution in [3.63, 3.8) is 0 Å². The normalized spacial score (nSPS) is 10.6. The van der Waals surface area contributed by atoms with Crippen molar-refractivity contribution in [2.24, 2.45) is 0 Å². The molecule has 0 aliphatic rings. The summed E-state index contributed by atoms with van der Waals surface area (Å²) in [7, 11) is 0. The van der Waals surface area contributed by atoms with E-state index in [2.05, 4.69) is 5.32 Å². The van der Waals surface area contributed by atoms with Crippen LogP contribution in [0.25, 0.3) is 5.69 Å². The molecule has 0 radical (unpaired) electrons. The summed E-state index contributed by atoms with van der Waals surface area (Å²) in [6.07, 6.45) is 2.80. The van der Waals surface area contributed by atoms with E-state index in [9.17, 15) is 18.8 Å². The SMILES string of the molecule is Cc1cc(C)cc(-n2ccn(CC(=O)Nc3ccccc3F)c(=O)c2=O)c1. The van der Waals surface area contributed by atoms with Crippen LogP contribution in [0.1, 0.15) is 11.1 Å². The molecule has 6 nitrogen and oxygen atoms in total. The highest BCUT2D eigenvalue weighted by atomic mass is 19.1. The molecule has 0 aliphatic heterocycles. The number of amides is 1. The summed E-state index contributed by atoms with van der Waals surface area (Å²) in [4.78, 5) is 36.9. The van der Waals surface area contributed by atoms with Crippen molar-refractivity contribution in [3.8, 4) is 5.69 Å². The van der Waals surface area contributed by atoms with E-state index in [0.717, 1.165) is 15.7 Å². The van der Waals surface area contributed by atoms with Gasteiger partial charge in [-0.2, -0.15) is 0 Å². The molecule has 1 N–H and O–H groups in total. The Bertz CT molecular complexity index is 1110. The van der Waals surface area contributed by atoms with Crippen LogP contribution in [-0.2, 0) is 11.3 Å². The van der Waals surface area contributed by atoms with Gasteiger partial charge in [0.25, 0.3) is 0 Å². The second-order valence-electron chi connectivity index (χ2n) is 6.28. The van der Waals surface area contributed by atoms with E-state index < -0.39 is 29.4 Å². The Kier molecular flexibility index (Phi) is 5.03. The number of carbonyl (C=O) groups is 1. The van der Waals surface area contributed by atoms with Crippen molar-refractivity contribution in [2.45, 2.75) is 20.4 Å². The molecule has 0 saturated carbocycles. The molecule has 0 bridgehead atoms. The number of halogens is 1. The molecule has 0 saturated heterocycles. The minimum atomic E-state index is -0.833. The lowest BCUT2D eigenvalue weighted by Gasteiger charge is -2.11. The number of nitrogens with zero attached hydrogens (tertiary/aromatic N) is 2. The fraction of sp³-hybridized carbons (Fsp3) is 0.150. The van der Waals surface area contributed by atoms with Crippen molar-refractivity contribution in [1.29, 1.82) is 0 Å². The largest absolute Gasteiger partial charge is 0.322 e. The molecule has 0 aliphatic carbocycles. The maximum absolute atomic E-state index is 13.6. The van der Waals surface area contributed by atoms with Crippen molar-refractivity contribution in [1.82, 2.24) is 9.13 Å². The van der Waals surface area contributed by atoms with Crippen LogP contribution < -0.4 is 16.4 Å². The predicted molar refractivity (Wildman–Crippen MR) is 101 cm³/mol. The minimum absolute atomic E-state index is 0.0131. The first-order valence-corrected chi connectivity index (χ1v) is 8.30. The lowest BCUT2D eigenvalue weighted by molar-refractivity contribution is -0.116. The first kappa shape index (κ1) is 18.3. The monoisotopic (exact) mass is 367 g/mol. The molecular formula is C20H18FN3O3. The van der Waals surface area contributed by atoms with E-state index in [1.54, 1.807) is 18.2 Å². The summed E-state index contributed by atoms with van der Waals surface area (Å²) in [5.41, 5.74) is 0.925. The van der Waals surface area contributed by atoms with Crippen LogP contribution in [0.3, 0.4) is 0 Å². The van der Waals surface area contributed by atoms with E-state index in [-0.39, 0.29) is 5.69 Å². The van der Waals surface area contributed by atoms with Gasteiger partial charge >= 0.3 is 11.1 Å². The van der Waals surface area contributed by atoms with E-state index in [4.69, 9.17) is 0 Å². The van der Waals surface area contributed by atoms with Crippen LogP contribution in [0.5, 0.6) is 0 Å². The van der Waals surface area contributed by atoms with Crippen molar-refractivity contribution in [2.75, 3.05) is 5.32 Å². The number of aromatic nitrogens is 2.